The molecule has 2 N–H and O–H groups in total. The maximum atomic E-state index is 11.6. The van der Waals surface area contributed by atoms with Crippen molar-refractivity contribution in [2.75, 3.05) is 39.5 Å². The summed E-state index contributed by atoms with van der Waals surface area (Å²) >= 11 is 0. The van der Waals surface area contributed by atoms with Crippen molar-refractivity contribution in [3.63, 3.8) is 0 Å². The second kappa shape index (κ2) is 7.40. The van der Waals surface area contributed by atoms with Gasteiger partial charge in [-0.2, -0.15) is 0 Å². The fourth-order valence-corrected chi connectivity index (χ4v) is 2.46. The molecule has 0 rings (SSSR count). The fraction of sp³-hybridized carbons (Fsp3) is 1.00. The molecule has 0 amide bonds. The van der Waals surface area contributed by atoms with Gasteiger partial charge in [-0.05, 0) is 34.9 Å². The first-order chi connectivity index (χ1) is 8.04. The minimum atomic E-state index is -3.40. The molecule has 0 aromatic rings. The zero-order valence-electron chi connectivity index (χ0n) is 11.9. The molecule has 0 aliphatic heterocycles. The second-order valence-electron chi connectivity index (χ2n) is 5.29. The van der Waals surface area contributed by atoms with Gasteiger partial charge in [-0.1, -0.05) is 0 Å². The second-order valence-corrected chi connectivity index (χ2v) is 7.22. The van der Waals surface area contributed by atoms with Crippen molar-refractivity contribution in [3.05, 3.63) is 0 Å². The maximum Gasteiger partial charge on any atom is 0.213 e. The van der Waals surface area contributed by atoms with E-state index in [9.17, 15) is 13.5 Å². The average molecular weight is 282 g/mol. The van der Waals surface area contributed by atoms with Crippen molar-refractivity contribution < 1.29 is 18.3 Å². The van der Waals surface area contributed by atoms with Crippen LogP contribution < -0.4 is 4.72 Å². The molecule has 0 spiro atoms. The number of sulfonamides is 1. The predicted molar refractivity (Wildman–Crippen MR) is 72.1 cm³/mol. The molecule has 0 fully saturated rings. The third kappa shape index (κ3) is 9.78. The van der Waals surface area contributed by atoms with Gasteiger partial charge in [0.1, 0.15) is 0 Å². The highest BCUT2D eigenvalue weighted by molar-refractivity contribution is 7.89. The Bertz CT molecular complexity index is 326. The molecule has 0 aromatic carbocycles. The highest BCUT2D eigenvalue weighted by Gasteiger charge is 2.23. The zero-order chi connectivity index (χ0) is 14.4. The van der Waals surface area contributed by atoms with Crippen LogP contribution in [0.25, 0.3) is 0 Å². The molecule has 18 heavy (non-hydrogen) atoms. The molecule has 0 aliphatic rings. The van der Waals surface area contributed by atoms with E-state index >= 15 is 0 Å². The van der Waals surface area contributed by atoms with E-state index in [-0.39, 0.29) is 25.0 Å². The lowest BCUT2D eigenvalue weighted by Gasteiger charge is -2.27. The van der Waals surface area contributed by atoms with Crippen LogP contribution in [0.1, 0.15) is 20.8 Å². The number of rotatable bonds is 9. The van der Waals surface area contributed by atoms with Gasteiger partial charge in [0, 0.05) is 13.1 Å². The molecule has 7 heteroatoms. The van der Waals surface area contributed by atoms with E-state index < -0.39 is 15.6 Å². The smallest absolute Gasteiger partial charge is 0.213 e. The van der Waals surface area contributed by atoms with Crippen molar-refractivity contribution in [2.45, 2.75) is 32.5 Å². The van der Waals surface area contributed by atoms with Crippen molar-refractivity contribution in [1.29, 1.82) is 0 Å². The lowest BCUT2D eigenvalue weighted by atomic mass is 10.1. The van der Waals surface area contributed by atoms with Crippen LogP contribution in [0.5, 0.6) is 0 Å². The maximum absolute atomic E-state index is 11.6. The SMILES string of the molecule is CC(C)OCCS(=O)(=O)NC[C@@](C)(O)CN(C)C. The van der Waals surface area contributed by atoms with Crippen LogP contribution in [0.2, 0.25) is 0 Å². The molecule has 6 nitrogen and oxygen atoms in total. The molecular formula is C11H26N2O4S. The summed E-state index contributed by atoms with van der Waals surface area (Å²) in [6.45, 7) is 5.83. The van der Waals surface area contributed by atoms with Crippen LogP contribution in [0.4, 0.5) is 0 Å². The quantitative estimate of drug-likeness (QED) is 0.604. The Hall–Kier alpha value is -0.210. The van der Waals surface area contributed by atoms with E-state index in [1.54, 1.807) is 11.8 Å². The normalized spacial score (nSPS) is 16.2. The summed E-state index contributed by atoms with van der Waals surface area (Å²) in [5.41, 5.74) is -1.09. The Morgan fingerprint density at radius 1 is 1.39 bits per heavy atom. The number of hydrogen-bond acceptors (Lipinski definition) is 5. The molecule has 0 saturated heterocycles. The summed E-state index contributed by atoms with van der Waals surface area (Å²) in [5, 5.41) is 9.96. The Morgan fingerprint density at radius 3 is 2.39 bits per heavy atom. The molecule has 1 atom stereocenters. The molecule has 0 saturated carbocycles. The van der Waals surface area contributed by atoms with Gasteiger partial charge in [0.05, 0.1) is 24.1 Å². The summed E-state index contributed by atoms with van der Waals surface area (Å²) in [5.74, 6) is -0.0940. The van der Waals surface area contributed by atoms with E-state index in [0.717, 1.165) is 0 Å². The third-order valence-electron chi connectivity index (χ3n) is 2.13. The molecule has 0 radical (unpaired) electrons. The number of likely N-dealkylation sites (N-methyl/N-ethyl adjacent to an activating group) is 1. The van der Waals surface area contributed by atoms with Crippen LogP contribution in [0, 0.1) is 0 Å². The Labute approximate surface area is 110 Å². The molecule has 0 aliphatic carbocycles. The lowest BCUT2D eigenvalue weighted by Crippen LogP contribution is -2.47. The van der Waals surface area contributed by atoms with E-state index in [1.165, 1.54) is 0 Å². The monoisotopic (exact) mass is 282 g/mol. The minimum Gasteiger partial charge on any atom is -0.387 e. The topological polar surface area (TPSA) is 78.9 Å². The van der Waals surface area contributed by atoms with Crippen LogP contribution in [0.3, 0.4) is 0 Å². The minimum absolute atomic E-state index is 0.00477. The number of aliphatic hydroxyl groups is 1. The largest absolute Gasteiger partial charge is 0.387 e. The van der Waals surface area contributed by atoms with Gasteiger partial charge in [-0.3, -0.25) is 0 Å². The van der Waals surface area contributed by atoms with Gasteiger partial charge in [0.25, 0.3) is 0 Å². The number of nitrogens with zero attached hydrogens (tertiary/aromatic N) is 1. The highest BCUT2D eigenvalue weighted by Crippen LogP contribution is 2.03. The van der Waals surface area contributed by atoms with Gasteiger partial charge < -0.3 is 14.7 Å². The highest BCUT2D eigenvalue weighted by atomic mass is 32.2. The number of nitrogens with one attached hydrogen (secondary N) is 1. The van der Waals surface area contributed by atoms with E-state index in [4.69, 9.17) is 4.74 Å². The van der Waals surface area contributed by atoms with Gasteiger partial charge >= 0.3 is 0 Å². The van der Waals surface area contributed by atoms with Crippen LogP contribution >= 0.6 is 0 Å². The average Bonchev–Trinajstić information content (AvgIpc) is 2.12. The zero-order valence-corrected chi connectivity index (χ0v) is 12.7. The van der Waals surface area contributed by atoms with Gasteiger partial charge in [0.2, 0.25) is 10.0 Å². The molecule has 0 aromatic heterocycles. The summed E-state index contributed by atoms with van der Waals surface area (Å²) < 4.78 is 30.8. The number of hydrogen-bond donors (Lipinski definition) is 2. The first kappa shape index (κ1) is 17.8. The predicted octanol–water partition coefficient (Wildman–Crippen LogP) is -0.357. The molecule has 0 bridgehead atoms. The first-order valence-corrected chi connectivity index (χ1v) is 7.65. The molecule has 0 unspecified atom stereocenters. The van der Waals surface area contributed by atoms with Crippen molar-refractivity contribution >= 4 is 10.0 Å². The summed E-state index contributed by atoms with van der Waals surface area (Å²) in [6, 6.07) is 0. The first-order valence-electron chi connectivity index (χ1n) is 6.00. The molecule has 0 heterocycles. The van der Waals surface area contributed by atoms with Crippen molar-refractivity contribution in [3.8, 4) is 0 Å². The fourth-order valence-electron chi connectivity index (χ4n) is 1.47. The van der Waals surface area contributed by atoms with Gasteiger partial charge in [0.15, 0.2) is 0 Å². The number of ether oxygens (including phenoxy) is 1. The van der Waals surface area contributed by atoms with Gasteiger partial charge in [-0.25, -0.2) is 13.1 Å². The van der Waals surface area contributed by atoms with Gasteiger partial charge in [-0.15, -0.1) is 0 Å². The van der Waals surface area contributed by atoms with Crippen LogP contribution in [-0.4, -0.2) is 69.7 Å². The third-order valence-corrected chi connectivity index (χ3v) is 3.42. The molecule has 110 valence electrons. The summed E-state index contributed by atoms with van der Waals surface area (Å²) in [7, 11) is 0.238. The Morgan fingerprint density at radius 2 is 1.94 bits per heavy atom. The lowest BCUT2D eigenvalue weighted by molar-refractivity contribution is 0.0384. The summed E-state index contributed by atoms with van der Waals surface area (Å²) in [6.07, 6.45) is 0.0112. The standard InChI is InChI=1S/C11H26N2O4S/c1-10(2)17-6-7-18(15,16)12-8-11(3,14)9-13(4)5/h10,12,14H,6-9H2,1-5H3/t11-/m1/s1. The van der Waals surface area contributed by atoms with E-state index in [1.807, 2.05) is 27.9 Å². The Balaban J connectivity index is 4.10. The van der Waals surface area contributed by atoms with Crippen molar-refractivity contribution in [1.82, 2.24) is 9.62 Å². The Kier molecular flexibility index (Phi) is 7.31. The van der Waals surface area contributed by atoms with Crippen LogP contribution in [0.15, 0.2) is 0 Å². The van der Waals surface area contributed by atoms with E-state index in [2.05, 4.69) is 4.72 Å². The summed E-state index contributed by atoms with van der Waals surface area (Å²) in [4.78, 5) is 1.80. The molecular weight excluding hydrogens is 256 g/mol. The van der Waals surface area contributed by atoms with Crippen molar-refractivity contribution in [2.24, 2.45) is 0 Å². The van der Waals surface area contributed by atoms with Crippen LogP contribution in [-0.2, 0) is 14.8 Å². The van der Waals surface area contributed by atoms with E-state index in [0.29, 0.717) is 6.54 Å².